The van der Waals surface area contributed by atoms with Crippen LogP contribution in [0.5, 0.6) is 0 Å². The molecule has 2 N–H and O–H groups in total. The number of hydrogen-bond donors (Lipinski definition) is 1. The predicted molar refractivity (Wildman–Crippen MR) is 39.5 cm³/mol. The largest absolute Gasteiger partial charge is 0.451 e. The van der Waals surface area contributed by atoms with Gasteiger partial charge in [0.05, 0.1) is 7.11 Å². The Labute approximate surface area is 61.6 Å². The fourth-order valence-electron chi connectivity index (χ4n) is 0.201. The van der Waals surface area contributed by atoms with Crippen molar-refractivity contribution in [3.8, 4) is 0 Å². The van der Waals surface area contributed by atoms with E-state index >= 15 is 0 Å². The fraction of sp³-hybridized carbons (Fsp3) is 0.667. The molecule has 0 rings (SSSR count). The van der Waals surface area contributed by atoms with Gasteiger partial charge in [-0.3, -0.25) is 0 Å². The first-order valence-corrected chi connectivity index (χ1v) is 4.57. The van der Waals surface area contributed by atoms with Crippen LogP contribution in [0.15, 0.2) is 0 Å². The third-order valence-corrected chi connectivity index (χ3v) is 1.90. The number of amides is 1. The summed E-state index contributed by atoms with van der Waals surface area (Å²) in [6, 6.07) is 0. The molecule has 1 amide bonds. The Morgan fingerprint density at radius 2 is 2.33 bits per heavy atom. The van der Waals surface area contributed by atoms with Crippen molar-refractivity contribution >= 4 is 27.9 Å². The van der Waals surface area contributed by atoms with Gasteiger partial charge in [0.2, 0.25) is 0 Å². The predicted octanol–water partition coefficient (Wildman–Crippen LogP) is 0.855. The lowest BCUT2D eigenvalue weighted by Gasteiger charge is -2.09. The summed E-state index contributed by atoms with van der Waals surface area (Å²) in [4.78, 5) is 10.4. The Kier molecular flexibility index (Phi) is 4.74. The second kappa shape index (κ2) is 4.78. The van der Waals surface area contributed by atoms with E-state index in [1.807, 2.05) is 6.26 Å². The lowest BCUT2D eigenvalue weighted by Crippen LogP contribution is -2.29. The summed E-state index contributed by atoms with van der Waals surface area (Å²) in [5.74, 6) is 5.14. The maximum atomic E-state index is 10.4. The number of rotatable bonds is 2. The van der Waals surface area contributed by atoms with Gasteiger partial charge in [-0.15, -0.1) is 0 Å². The van der Waals surface area contributed by atoms with E-state index < -0.39 is 6.09 Å². The monoisotopic (exact) mass is 168 g/mol. The molecule has 0 radical (unpaired) electrons. The zero-order chi connectivity index (χ0) is 7.28. The molecule has 0 aromatic rings. The number of methoxy groups -OCH3 is 1. The van der Waals surface area contributed by atoms with Crippen LogP contribution in [-0.4, -0.2) is 23.9 Å². The fourth-order valence-corrected chi connectivity index (χ4v) is 1.16. The highest BCUT2D eigenvalue weighted by molar-refractivity contribution is 8.75. The van der Waals surface area contributed by atoms with Gasteiger partial charge in [-0.2, -0.15) is 4.41 Å². The van der Waals surface area contributed by atoms with E-state index in [-0.39, 0.29) is 0 Å². The zero-order valence-electron chi connectivity index (χ0n) is 5.16. The summed E-state index contributed by atoms with van der Waals surface area (Å²) in [5.41, 5.74) is 0. The number of hydrazine groups is 1. The molecule has 0 aliphatic carbocycles. The van der Waals surface area contributed by atoms with Crippen LogP contribution in [0.4, 0.5) is 4.79 Å². The van der Waals surface area contributed by atoms with Gasteiger partial charge >= 0.3 is 6.09 Å². The van der Waals surface area contributed by atoms with Crippen LogP contribution in [0.2, 0.25) is 0 Å². The van der Waals surface area contributed by atoms with E-state index in [1.165, 1.54) is 17.9 Å². The van der Waals surface area contributed by atoms with Crippen molar-refractivity contribution in [3.05, 3.63) is 0 Å². The van der Waals surface area contributed by atoms with Crippen molar-refractivity contribution in [2.45, 2.75) is 0 Å². The van der Waals surface area contributed by atoms with Crippen molar-refractivity contribution in [2.75, 3.05) is 13.4 Å². The van der Waals surface area contributed by atoms with Crippen LogP contribution in [-0.2, 0) is 4.74 Å². The van der Waals surface area contributed by atoms with Crippen molar-refractivity contribution < 1.29 is 9.53 Å². The number of carbonyl (C=O) groups excluding carboxylic acids is 1. The van der Waals surface area contributed by atoms with Crippen molar-refractivity contribution in [1.82, 2.24) is 4.41 Å². The topological polar surface area (TPSA) is 55.6 Å². The highest BCUT2D eigenvalue weighted by atomic mass is 33.1. The molecule has 4 nitrogen and oxygen atoms in total. The number of nitrogens with two attached hydrogens (primary N) is 1. The van der Waals surface area contributed by atoms with Gasteiger partial charge in [0.25, 0.3) is 0 Å². The standard InChI is InChI=1S/C3H8N2O2S2/c1-7-3(6)5(4)9-8-2/h4H2,1-2H3. The molecule has 6 heteroatoms. The maximum Gasteiger partial charge on any atom is 0.435 e. The molecule has 0 aromatic carbocycles. The molecule has 0 aromatic heterocycles. The normalized spacial score (nSPS) is 8.78. The molecule has 9 heavy (non-hydrogen) atoms. The first-order chi connectivity index (χ1) is 4.22. The van der Waals surface area contributed by atoms with Gasteiger partial charge in [0, 0.05) is 11.0 Å². The van der Waals surface area contributed by atoms with E-state index in [0.29, 0.717) is 0 Å². The van der Waals surface area contributed by atoms with Crippen LogP contribution in [0.1, 0.15) is 0 Å². The summed E-state index contributed by atoms with van der Waals surface area (Å²) in [6.45, 7) is 0. The van der Waals surface area contributed by atoms with E-state index in [9.17, 15) is 4.79 Å². The summed E-state index contributed by atoms with van der Waals surface area (Å²) in [6.07, 6.45) is 1.27. The third kappa shape index (κ3) is 3.50. The molecule has 0 heterocycles. The molecule has 0 aliphatic rings. The SMILES string of the molecule is COC(=O)N(N)SSC. The Morgan fingerprint density at radius 3 is 2.67 bits per heavy atom. The van der Waals surface area contributed by atoms with Crippen molar-refractivity contribution in [3.63, 3.8) is 0 Å². The van der Waals surface area contributed by atoms with Gasteiger partial charge in [0.15, 0.2) is 0 Å². The Hall–Kier alpha value is -0.0700. The summed E-state index contributed by atoms with van der Waals surface area (Å²) in [7, 11) is 3.77. The second-order valence-electron chi connectivity index (χ2n) is 1.04. The van der Waals surface area contributed by atoms with Crippen LogP contribution < -0.4 is 5.84 Å². The zero-order valence-corrected chi connectivity index (χ0v) is 6.79. The van der Waals surface area contributed by atoms with Gasteiger partial charge in [0.1, 0.15) is 0 Å². The van der Waals surface area contributed by atoms with Gasteiger partial charge < -0.3 is 4.74 Å². The number of carbonyl (C=O) groups is 1. The molecule has 0 saturated heterocycles. The first-order valence-electron chi connectivity index (χ1n) is 2.06. The van der Waals surface area contributed by atoms with Crippen LogP contribution in [0.3, 0.4) is 0 Å². The van der Waals surface area contributed by atoms with Crippen LogP contribution in [0, 0.1) is 0 Å². The van der Waals surface area contributed by atoms with E-state index in [4.69, 9.17) is 5.84 Å². The molecule has 0 spiro atoms. The van der Waals surface area contributed by atoms with Crippen molar-refractivity contribution in [1.29, 1.82) is 0 Å². The summed E-state index contributed by atoms with van der Waals surface area (Å²) in [5, 5.41) is 0. The molecule has 0 aliphatic heterocycles. The number of hydrogen-bond acceptors (Lipinski definition) is 5. The van der Waals surface area contributed by atoms with E-state index in [1.54, 1.807) is 0 Å². The molecule has 0 bridgehead atoms. The molecular formula is C3H8N2O2S2. The Balaban J connectivity index is 3.45. The third-order valence-electron chi connectivity index (χ3n) is 0.509. The van der Waals surface area contributed by atoms with Gasteiger partial charge in [-0.05, 0) is 6.26 Å². The van der Waals surface area contributed by atoms with E-state index in [0.717, 1.165) is 15.4 Å². The quantitative estimate of drug-likeness (QED) is 0.218. The molecular weight excluding hydrogens is 160 g/mol. The Bertz CT molecular complexity index is 99.8. The Morgan fingerprint density at radius 1 is 1.78 bits per heavy atom. The summed E-state index contributed by atoms with van der Waals surface area (Å²) >= 11 is 0. The van der Waals surface area contributed by atoms with Gasteiger partial charge in [-0.25, -0.2) is 10.6 Å². The van der Waals surface area contributed by atoms with Crippen molar-refractivity contribution in [2.24, 2.45) is 5.84 Å². The molecule has 0 saturated carbocycles. The van der Waals surface area contributed by atoms with Crippen LogP contribution in [0.25, 0.3) is 0 Å². The van der Waals surface area contributed by atoms with E-state index in [2.05, 4.69) is 4.74 Å². The average molecular weight is 168 g/mol. The smallest absolute Gasteiger partial charge is 0.435 e. The minimum atomic E-state index is -0.547. The molecule has 0 fully saturated rings. The first kappa shape index (κ1) is 8.93. The highest BCUT2D eigenvalue weighted by Crippen LogP contribution is 2.19. The number of nitrogens with zero attached hydrogens (tertiary/aromatic N) is 1. The minimum Gasteiger partial charge on any atom is -0.451 e. The average Bonchev–Trinajstić information content (AvgIpc) is 1.87. The number of ether oxygens (including phenoxy) is 1. The molecule has 54 valence electrons. The van der Waals surface area contributed by atoms with Gasteiger partial charge in [-0.1, -0.05) is 10.8 Å². The molecule has 0 atom stereocenters. The summed E-state index contributed by atoms with van der Waals surface area (Å²) < 4.78 is 5.21. The highest BCUT2D eigenvalue weighted by Gasteiger charge is 2.07. The molecule has 0 unspecified atom stereocenters. The second-order valence-corrected chi connectivity index (χ2v) is 3.36. The maximum absolute atomic E-state index is 10.4. The lowest BCUT2D eigenvalue weighted by molar-refractivity contribution is 0.152. The minimum absolute atomic E-state index is 0.547. The lowest BCUT2D eigenvalue weighted by atomic mass is 11.2. The van der Waals surface area contributed by atoms with Crippen LogP contribution >= 0.6 is 21.8 Å².